The Morgan fingerprint density at radius 2 is 2.17 bits per heavy atom. The molecular formula is C17H17ClN2O3. The number of hydrogen-bond donors (Lipinski definition) is 2. The maximum atomic E-state index is 12.0. The molecule has 0 saturated carbocycles. The number of aryl methyl sites for hydroxylation is 1. The summed E-state index contributed by atoms with van der Waals surface area (Å²) in [7, 11) is 1.58. The van der Waals surface area contributed by atoms with Crippen molar-refractivity contribution in [2.24, 2.45) is 5.10 Å². The predicted octanol–water partition coefficient (Wildman–Crippen LogP) is 3.32. The lowest BCUT2D eigenvalue weighted by molar-refractivity contribution is 0.0952. The normalized spacial score (nSPS) is 10.7. The molecule has 0 aliphatic rings. The van der Waals surface area contributed by atoms with Crippen LogP contribution in [-0.4, -0.2) is 24.3 Å². The molecule has 2 aromatic rings. The van der Waals surface area contributed by atoms with Crippen LogP contribution in [-0.2, 0) is 6.42 Å². The number of aromatic hydroxyl groups is 1. The third kappa shape index (κ3) is 4.23. The minimum absolute atomic E-state index is 0.0447. The zero-order chi connectivity index (χ0) is 16.8. The summed E-state index contributed by atoms with van der Waals surface area (Å²) in [6.07, 6.45) is 1.99. The average molecular weight is 333 g/mol. The molecule has 0 fully saturated rings. The fourth-order valence-corrected chi connectivity index (χ4v) is 2.25. The van der Waals surface area contributed by atoms with Crippen molar-refractivity contribution in [3.05, 3.63) is 58.1 Å². The largest absolute Gasteiger partial charge is 0.507 e. The Bertz CT molecular complexity index is 745. The molecule has 0 aliphatic carbocycles. The van der Waals surface area contributed by atoms with E-state index in [0.717, 1.165) is 5.56 Å². The van der Waals surface area contributed by atoms with E-state index in [1.807, 2.05) is 0 Å². The Hall–Kier alpha value is -2.53. The highest BCUT2D eigenvalue weighted by Gasteiger charge is 2.11. The van der Waals surface area contributed by atoms with E-state index in [1.54, 1.807) is 50.6 Å². The SMILES string of the molecule is COc1ccc(Cl)cc1C/C=N/NC(=O)c1cccc(C)c1O. The van der Waals surface area contributed by atoms with Crippen LogP contribution in [0, 0.1) is 6.92 Å². The standard InChI is InChI=1S/C17H17ClN2O3/c1-11-4-3-5-14(16(11)21)17(22)20-19-9-8-12-10-13(18)6-7-15(12)23-2/h3-7,9-10,21H,8H2,1-2H3,(H,20,22)/b19-9+. The molecule has 2 aromatic carbocycles. The molecule has 0 aromatic heterocycles. The summed E-state index contributed by atoms with van der Waals surface area (Å²) in [4.78, 5) is 12.0. The van der Waals surface area contributed by atoms with Crippen molar-refractivity contribution in [1.82, 2.24) is 5.43 Å². The van der Waals surface area contributed by atoms with Gasteiger partial charge in [-0.2, -0.15) is 5.10 Å². The summed E-state index contributed by atoms with van der Waals surface area (Å²) >= 11 is 5.95. The Morgan fingerprint density at radius 1 is 1.39 bits per heavy atom. The first kappa shape index (κ1) is 16.8. The molecule has 0 bridgehead atoms. The molecule has 2 N–H and O–H groups in total. The van der Waals surface area contributed by atoms with E-state index in [1.165, 1.54) is 6.07 Å². The number of phenolic OH excluding ortho intramolecular Hbond substituents is 1. The van der Waals surface area contributed by atoms with Gasteiger partial charge >= 0.3 is 0 Å². The number of nitrogens with zero attached hydrogens (tertiary/aromatic N) is 1. The van der Waals surface area contributed by atoms with Crippen LogP contribution in [0.5, 0.6) is 11.5 Å². The molecule has 2 rings (SSSR count). The number of para-hydroxylation sites is 1. The molecule has 0 atom stereocenters. The molecule has 5 nitrogen and oxygen atoms in total. The molecule has 6 heteroatoms. The van der Waals surface area contributed by atoms with Crippen molar-refractivity contribution in [1.29, 1.82) is 0 Å². The fraction of sp³-hybridized carbons (Fsp3) is 0.176. The molecule has 0 unspecified atom stereocenters. The third-order valence-electron chi connectivity index (χ3n) is 3.29. The Morgan fingerprint density at radius 3 is 2.91 bits per heavy atom. The van der Waals surface area contributed by atoms with Crippen LogP contribution in [0.15, 0.2) is 41.5 Å². The highest BCUT2D eigenvalue weighted by molar-refractivity contribution is 6.30. The number of ether oxygens (including phenoxy) is 1. The smallest absolute Gasteiger partial charge is 0.275 e. The second-order valence-corrected chi connectivity index (χ2v) is 5.32. The molecule has 1 amide bonds. The Balaban J connectivity index is 2.01. The lowest BCUT2D eigenvalue weighted by Gasteiger charge is -2.07. The first-order valence-corrected chi connectivity index (χ1v) is 7.33. The molecule has 0 saturated heterocycles. The summed E-state index contributed by atoms with van der Waals surface area (Å²) in [6, 6.07) is 10.2. The molecule has 120 valence electrons. The van der Waals surface area contributed by atoms with Crippen LogP contribution in [0.2, 0.25) is 5.02 Å². The van der Waals surface area contributed by atoms with Crippen LogP contribution in [0.3, 0.4) is 0 Å². The maximum absolute atomic E-state index is 12.0. The number of rotatable bonds is 5. The van der Waals surface area contributed by atoms with Crippen LogP contribution in [0.25, 0.3) is 0 Å². The van der Waals surface area contributed by atoms with Crippen LogP contribution >= 0.6 is 11.6 Å². The van der Waals surface area contributed by atoms with Crippen molar-refractivity contribution in [3.8, 4) is 11.5 Å². The van der Waals surface area contributed by atoms with Gasteiger partial charge < -0.3 is 9.84 Å². The van der Waals surface area contributed by atoms with Gasteiger partial charge in [-0.15, -0.1) is 0 Å². The minimum Gasteiger partial charge on any atom is -0.507 e. The fourth-order valence-electron chi connectivity index (χ4n) is 2.06. The van der Waals surface area contributed by atoms with Crippen molar-refractivity contribution < 1.29 is 14.6 Å². The maximum Gasteiger partial charge on any atom is 0.275 e. The highest BCUT2D eigenvalue weighted by atomic mass is 35.5. The molecule has 0 spiro atoms. The number of hydrogen-bond acceptors (Lipinski definition) is 4. The number of carbonyl (C=O) groups is 1. The molecular weight excluding hydrogens is 316 g/mol. The third-order valence-corrected chi connectivity index (χ3v) is 3.53. The Labute approximate surface area is 139 Å². The number of carbonyl (C=O) groups excluding carboxylic acids is 1. The lowest BCUT2D eigenvalue weighted by Crippen LogP contribution is -2.18. The van der Waals surface area contributed by atoms with E-state index in [4.69, 9.17) is 16.3 Å². The van der Waals surface area contributed by atoms with Gasteiger partial charge in [0.15, 0.2) is 0 Å². The van der Waals surface area contributed by atoms with E-state index in [-0.39, 0.29) is 11.3 Å². The monoisotopic (exact) mass is 332 g/mol. The van der Waals surface area contributed by atoms with Gasteiger partial charge in [-0.05, 0) is 36.8 Å². The van der Waals surface area contributed by atoms with E-state index in [0.29, 0.717) is 22.8 Å². The lowest BCUT2D eigenvalue weighted by atomic mass is 10.1. The van der Waals surface area contributed by atoms with Crippen LogP contribution < -0.4 is 10.2 Å². The zero-order valence-corrected chi connectivity index (χ0v) is 13.6. The summed E-state index contributed by atoms with van der Waals surface area (Å²) in [5, 5.41) is 14.3. The first-order chi connectivity index (χ1) is 11.0. The van der Waals surface area contributed by atoms with Crippen LogP contribution in [0.4, 0.5) is 0 Å². The van der Waals surface area contributed by atoms with Gasteiger partial charge in [0, 0.05) is 23.2 Å². The van der Waals surface area contributed by atoms with E-state index < -0.39 is 5.91 Å². The molecule has 0 radical (unpaired) electrons. The average Bonchev–Trinajstić information content (AvgIpc) is 2.54. The van der Waals surface area contributed by atoms with Gasteiger partial charge in [0.2, 0.25) is 0 Å². The topological polar surface area (TPSA) is 70.9 Å². The molecule has 0 heterocycles. The summed E-state index contributed by atoms with van der Waals surface area (Å²) in [5.74, 6) is 0.181. The van der Waals surface area contributed by atoms with Gasteiger partial charge in [0.05, 0.1) is 12.7 Å². The van der Waals surface area contributed by atoms with Crippen molar-refractivity contribution in [2.45, 2.75) is 13.3 Å². The van der Waals surface area contributed by atoms with Gasteiger partial charge in [0.1, 0.15) is 11.5 Å². The van der Waals surface area contributed by atoms with Crippen molar-refractivity contribution in [2.75, 3.05) is 7.11 Å². The number of hydrazone groups is 1. The second kappa shape index (κ2) is 7.65. The first-order valence-electron chi connectivity index (χ1n) is 6.95. The molecule has 23 heavy (non-hydrogen) atoms. The zero-order valence-electron chi connectivity index (χ0n) is 12.8. The summed E-state index contributed by atoms with van der Waals surface area (Å²) in [5.41, 5.74) is 4.06. The van der Waals surface area contributed by atoms with Crippen molar-refractivity contribution >= 4 is 23.7 Å². The van der Waals surface area contributed by atoms with Gasteiger partial charge in [-0.1, -0.05) is 23.7 Å². The van der Waals surface area contributed by atoms with Crippen LogP contribution in [0.1, 0.15) is 21.5 Å². The number of amides is 1. The quantitative estimate of drug-likeness (QED) is 0.651. The predicted molar refractivity (Wildman–Crippen MR) is 90.5 cm³/mol. The molecule has 0 aliphatic heterocycles. The number of nitrogens with one attached hydrogen (secondary N) is 1. The van der Waals surface area contributed by atoms with Gasteiger partial charge in [-0.3, -0.25) is 4.79 Å². The van der Waals surface area contributed by atoms with E-state index in [2.05, 4.69) is 10.5 Å². The van der Waals surface area contributed by atoms with Crippen molar-refractivity contribution in [3.63, 3.8) is 0 Å². The number of halogens is 1. The summed E-state index contributed by atoms with van der Waals surface area (Å²) < 4.78 is 5.24. The minimum atomic E-state index is -0.472. The number of benzene rings is 2. The van der Waals surface area contributed by atoms with E-state index >= 15 is 0 Å². The number of methoxy groups -OCH3 is 1. The highest BCUT2D eigenvalue weighted by Crippen LogP contribution is 2.23. The van der Waals surface area contributed by atoms with E-state index in [9.17, 15) is 9.90 Å². The van der Waals surface area contributed by atoms with Gasteiger partial charge in [-0.25, -0.2) is 5.43 Å². The second-order valence-electron chi connectivity index (χ2n) is 4.88. The Kier molecular flexibility index (Phi) is 5.60. The summed E-state index contributed by atoms with van der Waals surface area (Å²) in [6.45, 7) is 1.72. The number of phenols is 1. The van der Waals surface area contributed by atoms with Gasteiger partial charge in [0.25, 0.3) is 5.91 Å².